The van der Waals surface area contributed by atoms with Crippen LogP contribution >= 0.6 is 0 Å². The molecule has 0 atom stereocenters. The van der Waals surface area contributed by atoms with Gasteiger partial charge in [0.15, 0.2) is 0 Å². The zero-order chi connectivity index (χ0) is 9.80. The Morgan fingerprint density at radius 2 is 2.36 bits per heavy atom. The Labute approximate surface area is 85.3 Å². The molecular formula is C11H19N3. The minimum absolute atomic E-state index is 0.772. The van der Waals surface area contributed by atoms with E-state index in [1.165, 1.54) is 25.0 Å². The summed E-state index contributed by atoms with van der Waals surface area (Å²) in [7, 11) is 0. The van der Waals surface area contributed by atoms with Crippen LogP contribution in [0.3, 0.4) is 0 Å². The molecule has 1 heterocycles. The lowest BCUT2D eigenvalue weighted by Crippen LogP contribution is -2.20. The molecule has 0 unspecified atom stereocenters. The Kier molecular flexibility index (Phi) is 3.19. The molecule has 3 nitrogen and oxygen atoms in total. The molecule has 2 rings (SSSR count). The van der Waals surface area contributed by atoms with Crippen molar-refractivity contribution >= 4 is 0 Å². The summed E-state index contributed by atoms with van der Waals surface area (Å²) in [5, 5.41) is 4.37. The van der Waals surface area contributed by atoms with E-state index in [0.29, 0.717) is 0 Å². The molecule has 78 valence electrons. The van der Waals surface area contributed by atoms with Crippen LogP contribution in [0.4, 0.5) is 0 Å². The summed E-state index contributed by atoms with van der Waals surface area (Å²) in [4.78, 5) is 0. The van der Waals surface area contributed by atoms with Crippen molar-refractivity contribution in [2.75, 3.05) is 6.54 Å². The maximum absolute atomic E-state index is 5.50. The number of aromatic nitrogens is 2. The van der Waals surface area contributed by atoms with Crippen molar-refractivity contribution < 1.29 is 0 Å². The minimum Gasteiger partial charge on any atom is -0.330 e. The number of rotatable bonds is 5. The van der Waals surface area contributed by atoms with Gasteiger partial charge < -0.3 is 5.73 Å². The van der Waals surface area contributed by atoms with Gasteiger partial charge in [-0.2, -0.15) is 5.10 Å². The van der Waals surface area contributed by atoms with Crippen LogP contribution in [0.15, 0.2) is 12.3 Å². The Morgan fingerprint density at radius 1 is 1.50 bits per heavy atom. The summed E-state index contributed by atoms with van der Waals surface area (Å²) in [6, 6.07) is 2.12. The highest BCUT2D eigenvalue weighted by atomic mass is 15.3. The zero-order valence-corrected chi connectivity index (χ0v) is 8.65. The molecule has 1 fully saturated rings. The molecule has 3 heteroatoms. The van der Waals surface area contributed by atoms with Crippen LogP contribution in [0.1, 0.15) is 31.4 Å². The van der Waals surface area contributed by atoms with Crippen LogP contribution in [-0.4, -0.2) is 16.3 Å². The standard InChI is InChI=1S/C11H19N3/c12-7-2-5-11-6-8-13-14(11)9-10-3-1-4-10/h6,8,10H,1-5,7,9,12H2. The zero-order valence-electron chi connectivity index (χ0n) is 8.65. The van der Waals surface area contributed by atoms with E-state index >= 15 is 0 Å². The molecule has 1 aromatic rings. The van der Waals surface area contributed by atoms with Crippen LogP contribution in [0.25, 0.3) is 0 Å². The smallest absolute Gasteiger partial charge is 0.0492 e. The average Bonchev–Trinajstić information content (AvgIpc) is 2.55. The highest BCUT2D eigenvalue weighted by Crippen LogP contribution is 2.27. The summed E-state index contributed by atoms with van der Waals surface area (Å²) in [6.45, 7) is 1.89. The van der Waals surface area contributed by atoms with Gasteiger partial charge in [-0.05, 0) is 44.2 Å². The lowest BCUT2D eigenvalue weighted by Gasteiger charge is -2.25. The van der Waals surface area contributed by atoms with Crippen molar-refractivity contribution in [2.45, 2.75) is 38.6 Å². The van der Waals surface area contributed by atoms with Crippen molar-refractivity contribution in [1.29, 1.82) is 0 Å². The fourth-order valence-corrected chi connectivity index (χ4v) is 1.94. The summed E-state index contributed by atoms with van der Waals surface area (Å²) in [5.41, 5.74) is 6.85. The van der Waals surface area contributed by atoms with Gasteiger partial charge in [0.05, 0.1) is 0 Å². The molecule has 0 saturated heterocycles. The third-order valence-electron chi connectivity index (χ3n) is 3.10. The maximum Gasteiger partial charge on any atom is 0.0492 e. The van der Waals surface area contributed by atoms with Crippen molar-refractivity contribution in [2.24, 2.45) is 11.7 Å². The third-order valence-corrected chi connectivity index (χ3v) is 3.10. The molecule has 1 aromatic heterocycles. The molecule has 1 saturated carbocycles. The average molecular weight is 193 g/mol. The van der Waals surface area contributed by atoms with Gasteiger partial charge in [-0.3, -0.25) is 4.68 Å². The van der Waals surface area contributed by atoms with Gasteiger partial charge in [0, 0.05) is 18.4 Å². The highest BCUT2D eigenvalue weighted by Gasteiger charge is 2.18. The van der Waals surface area contributed by atoms with Crippen LogP contribution in [0, 0.1) is 5.92 Å². The summed E-state index contributed by atoms with van der Waals surface area (Å²) < 4.78 is 2.17. The Balaban J connectivity index is 1.90. The van der Waals surface area contributed by atoms with Crippen molar-refractivity contribution in [3.8, 4) is 0 Å². The first-order valence-electron chi connectivity index (χ1n) is 5.61. The number of hydrogen-bond donors (Lipinski definition) is 1. The second-order valence-electron chi connectivity index (χ2n) is 4.19. The minimum atomic E-state index is 0.772. The van der Waals surface area contributed by atoms with Crippen molar-refractivity contribution in [1.82, 2.24) is 9.78 Å². The molecule has 0 amide bonds. The summed E-state index contributed by atoms with van der Waals surface area (Å²) in [5.74, 6) is 0.881. The normalized spacial score (nSPS) is 16.9. The van der Waals surface area contributed by atoms with E-state index < -0.39 is 0 Å². The SMILES string of the molecule is NCCCc1ccnn1CC1CCC1. The second kappa shape index (κ2) is 4.60. The topological polar surface area (TPSA) is 43.8 Å². The molecule has 1 aliphatic rings. The van der Waals surface area contributed by atoms with E-state index in [2.05, 4.69) is 15.8 Å². The number of hydrogen-bond acceptors (Lipinski definition) is 2. The Bertz CT molecular complexity index is 276. The largest absolute Gasteiger partial charge is 0.330 e. The van der Waals surface area contributed by atoms with Crippen LogP contribution in [-0.2, 0) is 13.0 Å². The van der Waals surface area contributed by atoms with E-state index in [1.54, 1.807) is 0 Å². The van der Waals surface area contributed by atoms with Crippen molar-refractivity contribution in [3.05, 3.63) is 18.0 Å². The van der Waals surface area contributed by atoms with Gasteiger partial charge >= 0.3 is 0 Å². The first-order chi connectivity index (χ1) is 6.90. The van der Waals surface area contributed by atoms with Gasteiger partial charge in [0.25, 0.3) is 0 Å². The number of aryl methyl sites for hydroxylation is 1. The third kappa shape index (κ3) is 2.15. The molecule has 14 heavy (non-hydrogen) atoms. The molecule has 0 aliphatic heterocycles. The first kappa shape index (κ1) is 9.71. The van der Waals surface area contributed by atoms with E-state index in [1.807, 2.05) is 6.20 Å². The summed E-state index contributed by atoms with van der Waals surface area (Å²) in [6.07, 6.45) is 8.22. The van der Waals surface area contributed by atoms with Crippen LogP contribution in [0.5, 0.6) is 0 Å². The van der Waals surface area contributed by atoms with Gasteiger partial charge in [-0.25, -0.2) is 0 Å². The number of nitrogens with zero attached hydrogens (tertiary/aromatic N) is 2. The fraction of sp³-hybridized carbons (Fsp3) is 0.727. The van der Waals surface area contributed by atoms with Gasteiger partial charge in [0.1, 0.15) is 0 Å². The number of nitrogens with two attached hydrogens (primary N) is 1. The molecule has 0 radical (unpaired) electrons. The lowest BCUT2D eigenvalue weighted by atomic mass is 9.85. The molecule has 0 bridgehead atoms. The van der Waals surface area contributed by atoms with Gasteiger partial charge in [-0.15, -0.1) is 0 Å². The van der Waals surface area contributed by atoms with Crippen LogP contribution in [0.2, 0.25) is 0 Å². The maximum atomic E-state index is 5.50. The Hall–Kier alpha value is -0.830. The highest BCUT2D eigenvalue weighted by molar-refractivity contribution is 5.01. The van der Waals surface area contributed by atoms with E-state index in [9.17, 15) is 0 Å². The molecule has 0 aromatic carbocycles. The fourth-order valence-electron chi connectivity index (χ4n) is 1.94. The first-order valence-corrected chi connectivity index (χ1v) is 5.61. The van der Waals surface area contributed by atoms with Gasteiger partial charge in [-0.1, -0.05) is 6.42 Å². The van der Waals surface area contributed by atoms with E-state index in [0.717, 1.165) is 31.8 Å². The summed E-state index contributed by atoms with van der Waals surface area (Å²) >= 11 is 0. The van der Waals surface area contributed by atoms with Crippen LogP contribution < -0.4 is 5.73 Å². The predicted octanol–water partition coefficient (Wildman–Crippen LogP) is 1.57. The van der Waals surface area contributed by atoms with E-state index in [-0.39, 0.29) is 0 Å². The molecule has 0 spiro atoms. The van der Waals surface area contributed by atoms with Crippen molar-refractivity contribution in [3.63, 3.8) is 0 Å². The molecule has 2 N–H and O–H groups in total. The second-order valence-corrected chi connectivity index (χ2v) is 4.19. The predicted molar refractivity (Wildman–Crippen MR) is 56.9 cm³/mol. The van der Waals surface area contributed by atoms with E-state index in [4.69, 9.17) is 5.73 Å². The lowest BCUT2D eigenvalue weighted by molar-refractivity contribution is 0.263. The Morgan fingerprint density at radius 3 is 3.00 bits per heavy atom. The quantitative estimate of drug-likeness (QED) is 0.771. The van der Waals surface area contributed by atoms with Gasteiger partial charge in [0.2, 0.25) is 0 Å². The molecule has 1 aliphatic carbocycles. The molecular weight excluding hydrogens is 174 g/mol. The monoisotopic (exact) mass is 193 g/mol.